The van der Waals surface area contributed by atoms with Crippen LogP contribution >= 0.6 is 11.6 Å². The number of nitrogens with zero attached hydrogens (tertiary/aromatic N) is 1. The van der Waals surface area contributed by atoms with Gasteiger partial charge in [0.1, 0.15) is 5.38 Å². The van der Waals surface area contributed by atoms with Crippen molar-refractivity contribution in [2.45, 2.75) is 49.7 Å². The van der Waals surface area contributed by atoms with Crippen LogP contribution in [0.3, 0.4) is 0 Å². The van der Waals surface area contributed by atoms with Crippen LogP contribution in [0, 0.1) is 0 Å². The van der Waals surface area contributed by atoms with Crippen molar-refractivity contribution in [3.63, 3.8) is 0 Å². The molecule has 0 unspecified atom stereocenters. The largest absolute Gasteiger partial charge is 0.393 e. The molecule has 2 atom stereocenters. The zero-order chi connectivity index (χ0) is 12.5. The van der Waals surface area contributed by atoms with E-state index in [1.54, 1.807) is 11.8 Å². The van der Waals surface area contributed by atoms with Crippen molar-refractivity contribution >= 4 is 17.5 Å². The van der Waals surface area contributed by atoms with E-state index in [0.29, 0.717) is 26.1 Å². The molecule has 0 radical (unpaired) electrons. The van der Waals surface area contributed by atoms with Crippen LogP contribution in [0.4, 0.5) is 0 Å². The van der Waals surface area contributed by atoms with Gasteiger partial charge in [0.05, 0.1) is 11.7 Å². The molecule has 4 nitrogen and oxygen atoms in total. The van der Waals surface area contributed by atoms with Crippen LogP contribution < -0.4 is 0 Å². The number of aliphatic hydroxyl groups is 1. The van der Waals surface area contributed by atoms with Crippen molar-refractivity contribution < 1.29 is 14.6 Å². The SMILES string of the molecule is C[C@H](Cl)C(=O)N1CCC2(CC1)C[C@H](O)CCO2. The van der Waals surface area contributed by atoms with Crippen LogP contribution in [0.15, 0.2) is 0 Å². The Morgan fingerprint density at radius 1 is 1.53 bits per heavy atom. The molecule has 0 aliphatic carbocycles. The topological polar surface area (TPSA) is 49.8 Å². The highest BCUT2D eigenvalue weighted by atomic mass is 35.5. The Balaban J connectivity index is 1.91. The van der Waals surface area contributed by atoms with Crippen molar-refractivity contribution in [2.75, 3.05) is 19.7 Å². The van der Waals surface area contributed by atoms with Gasteiger partial charge in [0, 0.05) is 26.1 Å². The molecule has 0 aromatic heterocycles. The lowest BCUT2D eigenvalue weighted by Crippen LogP contribution is -2.52. The molecule has 1 amide bonds. The molecule has 2 aliphatic rings. The van der Waals surface area contributed by atoms with Crippen LogP contribution in [0.25, 0.3) is 0 Å². The van der Waals surface area contributed by atoms with E-state index in [1.807, 2.05) is 0 Å². The molecule has 2 saturated heterocycles. The average Bonchev–Trinajstić information content (AvgIpc) is 2.29. The number of piperidine rings is 1. The summed E-state index contributed by atoms with van der Waals surface area (Å²) >= 11 is 5.80. The number of hydrogen-bond donors (Lipinski definition) is 1. The second kappa shape index (κ2) is 5.12. The van der Waals surface area contributed by atoms with E-state index in [-0.39, 0.29) is 17.6 Å². The molecule has 1 spiro atoms. The quantitative estimate of drug-likeness (QED) is 0.721. The summed E-state index contributed by atoms with van der Waals surface area (Å²) in [4.78, 5) is 13.5. The Morgan fingerprint density at radius 3 is 2.71 bits per heavy atom. The van der Waals surface area contributed by atoms with Gasteiger partial charge in [-0.1, -0.05) is 0 Å². The molecule has 2 aliphatic heterocycles. The van der Waals surface area contributed by atoms with Gasteiger partial charge in [0.25, 0.3) is 0 Å². The number of rotatable bonds is 1. The molecular formula is C12H20ClNO3. The smallest absolute Gasteiger partial charge is 0.240 e. The summed E-state index contributed by atoms with van der Waals surface area (Å²) in [5.74, 6) is -0.00197. The number of alkyl halides is 1. The highest BCUT2D eigenvalue weighted by molar-refractivity contribution is 6.30. The van der Waals surface area contributed by atoms with Gasteiger partial charge < -0.3 is 14.7 Å². The predicted octanol–water partition coefficient (Wildman–Crippen LogP) is 1.15. The highest BCUT2D eigenvalue weighted by Gasteiger charge is 2.41. The average molecular weight is 262 g/mol. The lowest BCUT2D eigenvalue weighted by Gasteiger charge is -2.45. The van der Waals surface area contributed by atoms with Crippen molar-refractivity contribution in [3.05, 3.63) is 0 Å². The lowest BCUT2D eigenvalue weighted by molar-refractivity contribution is -0.153. The third-order valence-electron chi connectivity index (χ3n) is 3.79. The fourth-order valence-electron chi connectivity index (χ4n) is 2.74. The molecular weight excluding hydrogens is 242 g/mol. The molecule has 5 heteroatoms. The molecule has 0 bridgehead atoms. The zero-order valence-electron chi connectivity index (χ0n) is 10.2. The van der Waals surface area contributed by atoms with Gasteiger partial charge in [-0.25, -0.2) is 0 Å². The van der Waals surface area contributed by atoms with Gasteiger partial charge in [0.2, 0.25) is 5.91 Å². The van der Waals surface area contributed by atoms with E-state index < -0.39 is 5.38 Å². The summed E-state index contributed by atoms with van der Waals surface area (Å²) < 4.78 is 5.83. The van der Waals surface area contributed by atoms with Crippen molar-refractivity contribution in [2.24, 2.45) is 0 Å². The Hall–Kier alpha value is -0.320. The Labute approximate surface area is 107 Å². The second-order valence-corrected chi connectivity index (χ2v) is 5.77. The van der Waals surface area contributed by atoms with Crippen LogP contribution in [-0.4, -0.2) is 52.7 Å². The van der Waals surface area contributed by atoms with Gasteiger partial charge >= 0.3 is 0 Å². The predicted molar refractivity (Wildman–Crippen MR) is 65.1 cm³/mol. The fraction of sp³-hybridized carbons (Fsp3) is 0.917. The normalized spacial score (nSPS) is 30.3. The minimum Gasteiger partial charge on any atom is -0.393 e. The molecule has 0 saturated carbocycles. The van der Waals surface area contributed by atoms with Gasteiger partial charge in [-0.05, 0) is 26.2 Å². The van der Waals surface area contributed by atoms with Crippen molar-refractivity contribution in [1.82, 2.24) is 4.90 Å². The summed E-state index contributed by atoms with van der Waals surface area (Å²) in [5, 5.41) is 9.25. The highest BCUT2D eigenvalue weighted by Crippen LogP contribution is 2.35. The maximum absolute atomic E-state index is 11.7. The molecule has 2 heterocycles. The molecule has 2 fully saturated rings. The first-order valence-corrected chi connectivity index (χ1v) is 6.71. The molecule has 2 rings (SSSR count). The van der Waals surface area contributed by atoms with Crippen LogP contribution in [0.2, 0.25) is 0 Å². The van der Waals surface area contributed by atoms with E-state index in [4.69, 9.17) is 16.3 Å². The van der Waals surface area contributed by atoms with Crippen LogP contribution in [-0.2, 0) is 9.53 Å². The van der Waals surface area contributed by atoms with E-state index in [2.05, 4.69) is 0 Å². The summed E-state index contributed by atoms with van der Waals surface area (Å²) in [6.07, 6.45) is 2.78. The number of hydrogen-bond acceptors (Lipinski definition) is 3. The molecule has 0 aromatic rings. The maximum atomic E-state index is 11.7. The zero-order valence-corrected chi connectivity index (χ0v) is 10.9. The first kappa shape index (κ1) is 13.1. The number of carbonyl (C=O) groups is 1. The number of aliphatic hydroxyl groups excluding tert-OH is 1. The van der Waals surface area contributed by atoms with E-state index >= 15 is 0 Å². The first-order chi connectivity index (χ1) is 8.02. The lowest BCUT2D eigenvalue weighted by atomic mass is 9.83. The molecule has 1 N–H and O–H groups in total. The van der Waals surface area contributed by atoms with Gasteiger partial charge in [-0.2, -0.15) is 0 Å². The summed E-state index contributed by atoms with van der Waals surface area (Å²) in [5.41, 5.74) is -0.204. The number of ether oxygens (including phenoxy) is 1. The minimum absolute atomic E-state index is 0.00197. The first-order valence-electron chi connectivity index (χ1n) is 6.27. The second-order valence-electron chi connectivity index (χ2n) is 5.12. The van der Waals surface area contributed by atoms with Crippen LogP contribution in [0.5, 0.6) is 0 Å². The molecule has 17 heavy (non-hydrogen) atoms. The third kappa shape index (κ3) is 2.92. The standard InChI is InChI=1S/C12H20ClNO3/c1-9(13)11(16)14-5-3-12(4-6-14)8-10(15)2-7-17-12/h9-10,15H,2-8H2,1H3/t9-,10+/m0/s1. The fourth-order valence-corrected chi connectivity index (χ4v) is 2.87. The minimum atomic E-state index is -0.457. The van der Waals surface area contributed by atoms with Crippen LogP contribution in [0.1, 0.15) is 32.6 Å². The number of carbonyl (C=O) groups excluding carboxylic acids is 1. The number of likely N-dealkylation sites (tertiary alicyclic amines) is 1. The Kier molecular flexibility index (Phi) is 3.95. The molecule has 0 aromatic carbocycles. The van der Waals surface area contributed by atoms with Crippen molar-refractivity contribution in [3.8, 4) is 0 Å². The summed E-state index contributed by atoms with van der Waals surface area (Å²) in [6.45, 7) is 3.70. The van der Waals surface area contributed by atoms with Crippen molar-refractivity contribution in [1.29, 1.82) is 0 Å². The van der Waals surface area contributed by atoms with Gasteiger partial charge in [-0.3, -0.25) is 4.79 Å². The van der Waals surface area contributed by atoms with E-state index in [1.165, 1.54) is 0 Å². The molecule has 98 valence electrons. The van der Waals surface area contributed by atoms with E-state index in [9.17, 15) is 9.90 Å². The monoisotopic (exact) mass is 261 g/mol. The summed E-state index contributed by atoms with van der Waals surface area (Å²) in [6, 6.07) is 0. The number of halogens is 1. The third-order valence-corrected chi connectivity index (χ3v) is 3.98. The Bertz CT molecular complexity index is 287. The van der Waals surface area contributed by atoms with E-state index in [0.717, 1.165) is 19.3 Å². The van der Waals surface area contributed by atoms with Gasteiger partial charge in [-0.15, -0.1) is 11.6 Å². The maximum Gasteiger partial charge on any atom is 0.240 e. The van der Waals surface area contributed by atoms with Gasteiger partial charge in [0.15, 0.2) is 0 Å². The Morgan fingerprint density at radius 2 is 2.18 bits per heavy atom. The number of amides is 1. The summed E-state index contributed by atoms with van der Waals surface area (Å²) in [7, 11) is 0.